The van der Waals surface area contributed by atoms with Crippen LogP contribution >= 0.6 is 0 Å². The summed E-state index contributed by atoms with van der Waals surface area (Å²) in [5.41, 5.74) is 2.30. The van der Waals surface area contributed by atoms with Crippen molar-refractivity contribution in [3.8, 4) is 0 Å². The first-order valence-electron chi connectivity index (χ1n) is 8.67. The van der Waals surface area contributed by atoms with Gasteiger partial charge < -0.3 is 0 Å². The first-order valence-corrected chi connectivity index (χ1v) is 10.2. The first kappa shape index (κ1) is 16.9. The van der Waals surface area contributed by atoms with Crippen molar-refractivity contribution in [1.82, 2.24) is 14.6 Å². The molecule has 2 fully saturated rings. The molecule has 3 rings (SSSR count). The van der Waals surface area contributed by atoms with E-state index in [0.29, 0.717) is 6.54 Å². The van der Waals surface area contributed by atoms with Gasteiger partial charge in [-0.15, -0.1) is 0 Å². The number of aryl methyl sites for hydroxylation is 1. The minimum atomic E-state index is -3.21. The Hall–Kier alpha value is -0.980. The average Bonchev–Trinajstić information content (AvgIpc) is 3.00. The second kappa shape index (κ2) is 7.28. The molecule has 0 unspecified atom stereocenters. The molecule has 0 amide bonds. The molecular formula is C17H27N3O2S. The number of nitrogens with zero attached hydrogens (tertiary/aromatic N) is 2. The Morgan fingerprint density at radius 2 is 2.00 bits per heavy atom. The number of hydrogen-bond donors (Lipinski definition) is 1. The van der Waals surface area contributed by atoms with Crippen LogP contribution in [0.2, 0.25) is 0 Å². The van der Waals surface area contributed by atoms with Crippen LogP contribution in [0, 0.1) is 6.92 Å². The summed E-state index contributed by atoms with van der Waals surface area (Å²) in [5.74, 6) is 0. The van der Waals surface area contributed by atoms with Crippen LogP contribution in [-0.2, 0) is 16.6 Å². The van der Waals surface area contributed by atoms with E-state index in [2.05, 4.69) is 20.7 Å². The van der Waals surface area contributed by atoms with Crippen LogP contribution < -0.4 is 4.72 Å². The molecule has 2 aliphatic rings. The van der Waals surface area contributed by atoms with E-state index in [0.717, 1.165) is 62.7 Å². The van der Waals surface area contributed by atoms with Gasteiger partial charge in [-0.3, -0.25) is 9.88 Å². The van der Waals surface area contributed by atoms with Crippen LogP contribution in [0.3, 0.4) is 0 Å². The van der Waals surface area contributed by atoms with Crippen LogP contribution in [-0.4, -0.2) is 42.7 Å². The Morgan fingerprint density at radius 1 is 1.22 bits per heavy atom. The average molecular weight is 337 g/mol. The number of nitrogens with one attached hydrogen (secondary N) is 1. The quantitative estimate of drug-likeness (QED) is 0.895. The minimum absolute atomic E-state index is 0.163. The minimum Gasteiger partial charge on any atom is -0.298 e. The van der Waals surface area contributed by atoms with E-state index in [-0.39, 0.29) is 11.3 Å². The molecule has 1 saturated carbocycles. The zero-order valence-corrected chi connectivity index (χ0v) is 14.7. The van der Waals surface area contributed by atoms with Gasteiger partial charge in [0.25, 0.3) is 0 Å². The van der Waals surface area contributed by atoms with E-state index < -0.39 is 10.0 Å². The van der Waals surface area contributed by atoms with Crippen molar-refractivity contribution in [2.24, 2.45) is 0 Å². The number of hydrogen-bond acceptors (Lipinski definition) is 4. The summed E-state index contributed by atoms with van der Waals surface area (Å²) < 4.78 is 28.2. The maximum atomic E-state index is 12.6. The lowest BCUT2D eigenvalue weighted by molar-refractivity contribution is 0.221. The van der Waals surface area contributed by atoms with Crippen molar-refractivity contribution >= 4 is 10.0 Å². The van der Waals surface area contributed by atoms with E-state index in [9.17, 15) is 8.42 Å². The molecule has 0 spiro atoms. The zero-order valence-electron chi connectivity index (χ0n) is 13.9. The Bertz CT molecular complexity index is 626. The SMILES string of the molecule is Cc1cncc(CN2CCC[C@H](S(=O)(=O)NC3CCCC3)C2)c1. The number of aromatic nitrogens is 1. The van der Waals surface area contributed by atoms with Crippen LogP contribution in [0.25, 0.3) is 0 Å². The van der Waals surface area contributed by atoms with E-state index in [4.69, 9.17) is 0 Å². The fourth-order valence-electron chi connectivity index (χ4n) is 3.74. The predicted molar refractivity (Wildman–Crippen MR) is 91.6 cm³/mol. The van der Waals surface area contributed by atoms with E-state index in [1.807, 2.05) is 19.3 Å². The lowest BCUT2D eigenvalue weighted by atomic mass is 10.1. The number of piperidine rings is 1. The van der Waals surface area contributed by atoms with Gasteiger partial charge in [0.1, 0.15) is 0 Å². The van der Waals surface area contributed by atoms with Crippen molar-refractivity contribution in [2.45, 2.75) is 63.3 Å². The molecule has 6 heteroatoms. The van der Waals surface area contributed by atoms with E-state index >= 15 is 0 Å². The number of likely N-dealkylation sites (tertiary alicyclic amines) is 1. The van der Waals surface area contributed by atoms with Gasteiger partial charge in [0.15, 0.2) is 0 Å². The number of sulfonamides is 1. The van der Waals surface area contributed by atoms with E-state index in [1.54, 1.807) is 0 Å². The molecular weight excluding hydrogens is 310 g/mol. The third-order valence-corrected chi connectivity index (χ3v) is 6.85. The maximum absolute atomic E-state index is 12.6. The Morgan fingerprint density at radius 3 is 2.74 bits per heavy atom. The topological polar surface area (TPSA) is 62.3 Å². The normalized spacial score (nSPS) is 24.1. The molecule has 1 aliphatic carbocycles. The third kappa shape index (κ3) is 4.52. The third-order valence-electron chi connectivity index (χ3n) is 4.92. The Kier molecular flexibility index (Phi) is 5.34. The van der Waals surface area contributed by atoms with Gasteiger partial charge in [-0.25, -0.2) is 13.1 Å². The number of rotatable bonds is 5. The molecule has 128 valence electrons. The standard InChI is InChI=1S/C17H27N3O2S/c1-14-9-15(11-18-10-14)12-20-8-4-7-17(13-20)23(21,22)19-16-5-2-3-6-16/h9-11,16-17,19H,2-8,12-13H2,1H3/t17-/m0/s1. The van der Waals surface area contributed by atoms with Crippen molar-refractivity contribution < 1.29 is 8.42 Å². The second-order valence-corrected chi connectivity index (χ2v) is 9.01. The van der Waals surface area contributed by atoms with Crippen LogP contribution in [0.4, 0.5) is 0 Å². The van der Waals surface area contributed by atoms with E-state index in [1.165, 1.54) is 0 Å². The molecule has 2 heterocycles. The molecule has 1 saturated heterocycles. The zero-order chi connectivity index (χ0) is 16.3. The predicted octanol–water partition coefficient (Wildman–Crippen LogP) is 2.22. The summed E-state index contributed by atoms with van der Waals surface area (Å²) in [6.07, 6.45) is 9.70. The van der Waals surface area contributed by atoms with Gasteiger partial charge in [0, 0.05) is 31.5 Å². The highest BCUT2D eigenvalue weighted by atomic mass is 32.2. The molecule has 0 radical (unpaired) electrons. The molecule has 1 aromatic heterocycles. The van der Waals surface area contributed by atoms with Crippen LogP contribution in [0.1, 0.15) is 49.7 Å². The lowest BCUT2D eigenvalue weighted by Crippen LogP contribution is -2.48. The summed E-state index contributed by atoms with van der Waals surface area (Å²) in [6, 6.07) is 2.29. The van der Waals surface area contributed by atoms with Gasteiger partial charge in [0.05, 0.1) is 5.25 Å². The highest BCUT2D eigenvalue weighted by Gasteiger charge is 2.32. The second-order valence-electron chi connectivity index (χ2n) is 7.01. The summed E-state index contributed by atoms with van der Waals surface area (Å²) >= 11 is 0. The summed E-state index contributed by atoms with van der Waals surface area (Å²) in [5, 5.41) is -0.283. The molecule has 5 nitrogen and oxygen atoms in total. The Labute approximate surface area is 139 Å². The molecule has 1 N–H and O–H groups in total. The maximum Gasteiger partial charge on any atom is 0.215 e. The van der Waals surface area contributed by atoms with Crippen molar-refractivity contribution in [2.75, 3.05) is 13.1 Å². The van der Waals surface area contributed by atoms with Crippen LogP contribution in [0.15, 0.2) is 18.5 Å². The van der Waals surface area contributed by atoms with Gasteiger partial charge in [-0.1, -0.05) is 18.9 Å². The summed E-state index contributed by atoms with van der Waals surface area (Å²) in [6.45, 7) is 4.40. The summed E-state index contributed by atoms with van der Waals surface area (Å²) in [7, 11) is -3.21. The highest BCUT2D eigenvalue weighted by Crippen LogP contribution is 2.23. The Balaban J connectivity index is 1.61. The lowest BCUT2D eigenvalue weighted by Gasteiger charge is -2.33. The first-order chi connectivity index (χ1) is 11.0. The van der Waals surface area contributed by atoms with Crippen LogP contribution in [0.5, 0.6) is 0 Å². The van der Waals surface area contributed by atoms with Crippen molar-refractivity contribution in [1.29, 1.82) is 0 Å². The highest BCUT2D eigenvalue weighted by molar-refractivity contribution is 7.90. The van der Waals surface area contributed by atoms with Crippen molar-refractivity contribution in [3.63, 3.8) is 0 Å². The molecule has 0 aromatic carbocycles. The molecule has 1 aromatic rings. The fraction of sp³-hybridized carbons (Fsp3) is 0.706. The smallest absolute Gasteiger partial charge is 0.215 e. The molecule has 1 atom stereocenters. The molecule has 23 heavy (non-hydrogen) atoms. The van der Waals surface area contributed by atoms with Crippen molar-refractivity contribution in [3.05, 3.63) is 29.6 Å². The van der Waals surface area contributed by atoms with Gasteiger partial charge in [-0.05, 0) is 50.3 Å². The fourth-order valence-corrected chi connectivity index (χ4v) is 5.52. The molecule has 1 aliphatic heterocycles. The summed E-state index contributed by atoms with van der Waals surface area (Å²) in [4.78, 5) is 6.48. The number of pyridine rings is 1. The van der Waals surface area contributed by atoms with Gasteiger partial charge >= 0.3 is 0 Å². The van der Waals surface area contributed by atoms with Gasteiger partial charge in [-0.2, -0.15) is 0 Å². The van der Waals surface area contributed by atoms with Gasteiger partial charge in [0.2, 0.25) is 10.0 Å². The largest absolute Gasteiger partial charge is 0.298 e. The molecule has 0 bridgehead atoms. The monoisotopic (exact) mass is 337 g/mol.